The molecule has 4 rings (SSSR count). The standard InChI is InChI=1S/C21H21FN6O3S/c22-18-12-15(28-14-16(13-24-25-23)31-21(28)30)3-5-19(18)26-7-9-27(10-8-26)20(29)6-4-17-2-1-11-32-17/h1-6,11-12,16H,7-10,13-14H2/b6-4+/t16-/m0/s1. The molecular weight excluding hydrogens is 435 g/mol. The molecule has 2 amide bonds. The molecule has 2 aliphatic rings. The van der Waals surface area contributed by atoms with E-state index >= 15 is 0 Å². The fourth-order valence-electron chi connectivity index (χ4n) is 3.69. The van der Waals surface area contributed by atoms with Gasteiger partial charge in [0.25, 0.3) is 0 Å². The van der Waals surface area contributed by atoms with E-state index in [0.29, 0.717) is 37.6 Å². The third kappa shape index (κ3) is 4.84. The second kappa shape index (κ2) is 9.71. The molecule has 1 atom stereocenters. The Balaban J connectivity index is 1.35. The first kappa shape index (κ1) is 21.7. The van der Waals surface area contributed by atoms with Crippen LogP contribution in [0, 0.1) is 5.82 Å². The van der Waals surface area contributed by atoms with Crippen LogP contribution in [0.1, 0.15) is 4.88 Å². The number of thiophene rings is 1. The first-order valence-corrected chi connectivity index (χ1v) is 11.0. The second-order valence-corrected chi connectivity index (χ2v) is 8.31. The topological polar surface area (TPSA) is 102 Å². The number of amides is 2. The van der Waals surface area contributed by atoms with E-state index in [4.69, 9.17) is 10.3 Å². The number of azide groups is 1. The first-order valence-electron chi connectivity index (χ1n) is 10.1. The van der Waals surface area contributed by atoms with Crippen molar-refractivity contribution in [3.8, 4) is 0 Å². The van der Waals surface area contributed by atoms with Crippen LogP contribution < -0.4 is 9.80 Å². The molecule has 0 N–H and O–H groups in total. The fourth-order valence-corrected chi connectivity index (χ4v) is 4.31. The maximum atomic E-state index is 14.9. The van der Waals surface area contributed by atoms with Crippen molar-refractivity contribution >= 4 is 40.8 Å². The predicted octanol–water partition coefficient (Wildman–Crippen LogP) is 3.88. The summed E-state index contributed by atoms with van der Waals surface area (Å²) in [7, 11) is 0. The van der Waals surface area contributed by atoms with E-state index < -0.39 is 18.0 Å². The highest BCUT2D eigenvalue weighted by atomic mass is 32.1. The van der Waals surface area contributed by atoms with Crippen LogP contribution in [-0.2, 0) is 9.53 Å². The van der Waals surface area contributed by atoms with Crippen LogP contribution in [0.4, 0.5) is 20.6 Å². The molecule has 2 aliphatic heterocycles. The van der Waals surface area contributed by atoms with Crippen LogP contribution in [0.25, 0.3) is 16.5 Å². The average molecular weight is 457 g/mol. The summed E-state index contributed by atoms with van der Waals surface area (Å²) in [4.78, 5) is 33.1. The molecule has 11 heteroatoms. The normalized spacial score (nSPS) is 18.7. The summed E-state index contributed by atoms with van der Waals surface area (Å²) in [6.45, 7) is 2.23. The maximum Gasteiger partial charge on any atom is 0.414 e. The number of ether oxygens (including phenoxy) is 1. The van der Waals surface area contributed by atoms with Crippen LogP contribution in [0.2, 0.25) is 0 Å². The van der Waals surface area contributed by atoms with Crippen molar-refractivity contribution in [2.45, 2.75) is 6.10 Å². The molecule has 0 spiro atoms. The quantitative estimate of drug-likeness (QED) is 0.285. The minimum atomic E-state index is -0.599. The Hall–Kier alpha value is -3.56. The Kier molecular flexibility index (Phi) is 6.58. The van der Waals surface area contributed by atoms with Crippen molar-refractivity contribution in [1.29, 1.82) is 0 Å². The number of anilines is 2. The summed E-state index contributed by atoms with van der Waals surface area (Å²) in [5.41, 5.74) is 9.21. The van der Waals surface area contributed by atoms with E-state index in [1.165, 1.54) is 11.0 Å². The summed E-state index contributed by atoms with van der Waals surface area (Å²) in [6.07, 6.45) is 2.22. The van der Waals surface area contributed by atoms with Gasteiger partial charge < -0.3 is 14.5 Å². The minimum Gasteiger partial charge on any atom is -0.444 e. The lowest BCUT2D eigenvalue weighted by Crippen LogP contribution is -2.48. The van der Waals surface area contributed by atoms with Gasteiger partial charge >= 0.3 is 6.09 Å². The zero-order chi connectivity index (χ0) is 22.5. The number of cyclic esters (lactones) is 1. The fraction of sp³-hybridized carbons (Fsp3) is 0.333. The number of benzene rings is 1. The van der Waals surface area contributed by atoms with E-state index in [2.05, 4.69) is 10.0 Å². The Morgan fingerprint density at radius 1 is 1.31 bits per heavy atom. The molecule has 2 fully saturated rings. The number of halogens is 1. The van der Waals surface area contributed by atoms with Crippen LogP contribution in [-0.4, -0.2) is 62.3 Å². The molecule has 2 saturated heterocycles. The lowest BCUT2D eigenvalue weighted by Gasteiger charge is -2.36. The zero-order valence-corrected chi connectivity index (χ0v) is 17.9. The lowest BCUT2D eigenvalue weighted by atomic mass is 10.2. The predicted molar refractivity (Wildman–Crippen MR) is 120 cm³/mol. The second-order valence-electron chi connectivity index (χ2n) is 7.33. The highest BCUT2D eigenvalue weighted by Crippen LogP contribution is 2.28. The van der Waals surface area contributed by atoms with Gasteiger partial charge in [0.15, 0.2) is 0 Å². The van der Waals surface area contributed by atoms with E-state index in [1.54, 1.807) is 40.5 Å². The average Bonchev–Trinajstić information content (AvgIpc) is 3.45. The van der Waals surface area contributed by atoms with Gasteiger partial charge in [-0.3, -0.25) is 9.69 Å². The highest BCUT2D eigenvalue weighted by molar-refractivity contribution is 7.10. The smallest absolute Gasteiger partial charge is 0.414 e. The molecule has 0 bridgehead atoms. The van der Waals surface area contributed by atoms with Gasteiger partial charge in [-0.05, 0) is 41.3 Å². The summed E-state index contributed by atoms with van der Waals surface area (Å²) in [6, 6.07) is 8.47. The molecule has 0 saturated carbocycles. The van der Waals surface area contributed by atoms with Crippen molar-refractivity contribution < 1.29 is 18.7 Å². The molecule has 0 unspecified atom stereocenters. The molecular formula is C21H21FN6O3S. The zero-order valence-electron chi connectivity index (χ0n) is 17.1. The largest absolute Gasteiger partial charge is 0.444 e. The van der Waals surface area contributed by atoms with Crippen LogP contribution >= 0.6 is 11.3 Å². The Bertz CT molecular complexity index is 1060. The number of hydrogen-bond acceptors (Lipinski definition) is 6. The Labute approximate surface area is 187 Å². The van der Waals surface area contributed by atoms with Gasteiger partial charge in [-0.15, -0.1) is 11.3 Å². The molecule has 32 heavy (non-hydrogen) atoms. The molecule has 0 aliphatic carbocycles. The lowest BCUT2D eigenvalue weighted by molar-refractivity contribution is -0.126. The molecule has 166 valence electrons. The van der Waals surface area contributed by atoms with Crippen LogP contribution in [0.3, 0.4) is 0 Å². The van der Waals surface area contributed by atoms with Gasteiger partial charge in [0.2, 0.25) is 5.91 Å². The van der Waals surface area contributed by atoms with Gasteiger partial charge in [-0.2, -0.15) is 0 Å². The van der Waals surface area contributed by atoms with Crippen molar-refractivity contribution in [3.05, 3.63) is 62.9 Å². The van der Waals surface area contributed by atoms with Crippen LogP contribution in [0.15, 0.2) is 46.9 Å². The van der Waals surface area contributed by atoms with Crippen molar-refractivity contribution in [1.82, 2.24) is 4.90 Å². The van der Waals surface area contributed by atoms with Gasteiger partial charge in [0.1, 0.15) is 11.9 Å². The maximum absolute atomic E-state index is 14.9. The van der Waals surface area contributed by atoms with Gasteiger partial charge in [0.05, 0.1) is 24.5 Å². The molecule has 1 aromatic heterocycles. The summed E-state index contributed by atoms with van der Waals surface area (Å²) < 4.78 is 20.0. The summed E-state index contributed by atoms with van der Waals surface area (Å²) in [5.74, 6) is -0.511. The number of carbonyl (C=O) groups is 2. The molecule has 2 aromatic rings. The van der Waals surface area contributed by atoms with Gasteiger partial charge in [-0.1, -0.05) is 11.2 Å². The number of hydrogen-bond donors (Lipinski definition) is 0. The Morgan fingerprint density at radius 2 is 2.12 bits per heavy atom. The highest BCUT2D eigenvalue weighted by Gasteiger charge is 2.32. The van der Waals surface area contributed by atoms with Crippen molar-refractivity contribution in [2.75, 3.05) is 49.1 Å². The van der Waals surface area contributed by atoms with E-state index in [0.717, 1.165) is 4.88 Å². The first-order chi connectivity index (χ1) is 15.5. The molecule has 1 aromatic carbocycles. The Morgan fingerprint density at radius 3 is 2.81 bits per heavy atom. The van der Waals surface area contributed by atoms with Crippen molar-refractivity contribution in [2.24, 2.45) is 5.11 Å². The minimum absolute atomic E-state index is 0.0326. The third-order valence-electron chi connectivity index (χ3n) is 5.33. The number of nitrogens with zero attached hydrogens (tertiary/aromatic N) is 6. The van der Waals surface area contributed by atoms with Crippen LogP contribution in [0.5, 0.6) is 0 Å². The monoisotopic (exact) mass is 456 g/mol. The van der Waals surface area contributed by atoms with Gasteiger partial charge in [0, 0.05) is 42.0 Å². The molecule has 0 radical (unpaired) electrons. The van der Waals surface area contributed by atoms with E-state index in [1.807, 2.05) is 22.4 Å². The van der Waals surface area contributed by atoms with E-state index in [9.17, 15) is 14.0 Å². The van der Waals surface area contributed by atoms with E-state index in [-0.39, 0.29) is 19.0 Å². The third-order valence-corrected chi connectivity index (χ3v) is 6.17. The SMILES string of the molecule is [N-]=[N+]=NC[C@H]1CN(c2ccc(N3CCN(C(=O)/C=C/c4cccs4)CC3)c(F)c2)C(=O)O1. The van der Waals surface area contributed by atoms with Gasteiger partial charge in [-0.25, -0.2) is 9.18 Å². The summed E-state index contributed by atoms with van der Waals surface area (Å²) >= 11 is 1.57. The molecule has 3 heterocycles. The number of rotatable bonds is 6. The number of piperazine rings is 1. The van der Waals surface area contributed by atoms with Crippen molar-refractivity contribution in [3.63, 3.8) is 0 Å². The number of carbonyl (C=O) groups excluding carboxylic acids is 2. The summed E-state index contributed by atoms with van der Waals surface area (Å²) in [5, 5.41) is 5.37. The molecule has 9 nitrogen and oxygen atoms in total.